The van der Waals surface area contributed by atoms with Crippen LogP contribution in [0, 0.1) is 0 Å². The molecule has 0 aliphatic carbocycles. The third-order valence-electron chi connectivity index (χ3n) is 3.24. The van der Waals surface area contributed by atoms with Crippen LogP contribution in [0.4, 0.5) is 0 Å². The van der Waals surface area contributed by atoms with Crippen LogP contribution < -0.4 is 4.74 Å². The second-order valence-electron chi connectivity index (χ2n) is 4.62. The summed E-state index contributed by atoms with van der Waals surface area (Å²) in [6, 6.07) is 18.1. The molecular weight excluding hydrogens is 260 g/mol. The molecule has 21 heavy (non-hydrogen) atoms. The Hall–Kier alpha value is -2.81. The Morgan fingerprint density at radius 3 is 2.57 bits per heavy atom. The van der Waals surface area contributed by atoms with Gasteiger partial charge in [0.1, 0.15) is 5.75 Å². The Morgan fingerprint density at radius 2 is 1.86 bits per heavy atom. The maximum absolute atomic E-state index is 5.32. The molecule has 1 aromatic heterocycles. The van der Waals surface area contributed by atoms with Gasteiger partial charge in [-0.05, 0) is 29.8 Å². The van der Waals surface area contributed by atoms with Crippen molar-refractivity contribution in [1.82, 2.24) is 9.78 Å². The van der Waals surface area contributed by atoms with Gasteiger partial charge in [-0.25, -0.2) is 4.68 Å². The van der Waals surface area contributed by atoms with Crippen molar-refractivity contribution in [1.29, 1.82) is 0 Å². The van der Waals surface area contributed by atoms with E-state index >= 15 is 0 Å². The lowest BCUT2D eigenvalue weighted by Crippen LogP contribution is -1.97. The minimum atomic E-state index is 0.832. The molecule has 0 N–H and O–H groups in total. The standard InChI is InChI=1S/C18H16N2O/c1-21-17-10-11-18(20-13-5-12-19-20)16(14-17)9-8-15-6-3-2-4-7-15/h2-14H,1H3/b9-8+. The minimum absolute atomic E-state index is 0.832. The SMILES string of the molecule is COc1ccc(-n2cccn2)c(/C=C/c2ccccc2)c1. The summed E-state index contributed by atoms with van der Waals surface area (Å²) in [5.41, 5.74) is 3.24. The zero-order chi connectivity index (χ0) is 14.5. The van der Waals surface area contributed by atoms with Crippen LogP contribution in [0.15, 0.2) is 67.0 Å². The summed E-state index contributed by atoms with van der Waals surface area (Å²) in [5, 5.41) is 4.30. The topological polar surface area (TPSA) is 27.1 Å². The zero-order valence-electron chi connectivity index (χ0n) is 11.8. The first-order valence-corrected chi connectivity index (χ1v) is 6.78. The number of rotatable bonds is 4. The maximum Gasteiger partial charge on any atom is 0.119 e. The molecule has 0 saturated carbocycles. The van der Waals surface area contributed by atoms with Gasteiger partial charge in [0.05, 0.1) is 12.8 Å². The highest BCUT2D eigenvalue weighted by Crippen LogP contribution is 2.22. The van der Waals surface area contributed by atoms with Gasteiger partial charge in [-0.15, -0.1) is 0 Å². The number of ether oxygens (including phenoxy) is 1. The van der Waals surface area contributed by atoms with E-state index < -0.39 is 0 Å². The maximum atomic E-state index is 5.32. The van der Waals surface area contributed by atoms with Crippen molar-refractivity contribution in [3.05, 3.63) is 78.1 Å². The molecule has 0 bridgehead atoms. The van der Waals surface area contributed by atoms with Crippen LogP contribution in [0.25, 0.3) is 17.8 Å². The second kappa shape index (κ2) is 6.09. The van der Waals surface area contributed by atoms with Crippen molar-refractivity contribution in [2.75, 3.05) is 7.11 Å². The van der Waals surface area contributed by atoms with E-state index in [0.29, 0.717) is 0 Å². The normalized spacial score (nSPS) is 10.9. The number of benzene rings is 2. The van der Waals surface area contributed by atoms with E-state index in [9.17, 15) is 0 Å². The van der Waals surface area contributed by atoms with Crippen LogP contribution in [-0.2, 0) is 0 Å². The Balaban J connectivity index is 2.01. The van der Waals surface area contributed by atoms with Gasteiger partial charge < -0.3 is 4.74 Å². The highest BCUT2D eigenvalue weighted by atomic mass is 16.5. The fraction of sp³-hybridized carbons (Fsp3) is 0.0556. The van der Waals surface area contributed by atoms with Crippen molar-refractivity contribution in [3.63, 3.8) is 0 Å². The van der Waals surface area contributed by atoms with Crippen LogP contribution in [-0.4, -0.2) is 16.9 Å². The van der Waals surface area contributed by atoms with Crippen molar-refractivity contribution >= 4 is 12.2 Å². The lowest BCUT2D eigenvalue weighted by molar-refractivity contribution is 0.414. The van der Waals surface area contributed by atoms with Gasteiger partial charge in [-0.3, -0.25) is 0 Å². The largest absolute Gasteiger partial charge is 0.497 e. The number of methoxy groups -OCH3 is 1. The highest BCUT2D eigenvalue weighted by molar-refractivity contribution is 5.74. The summed E-state index contributed by atoms with van der Waals surface area (Å²) < 4.78 is 7.17. The summed E-state index contributed by atoms with van der Waals surface area (Å²) in [6.07, 6.45) is 7.87. The Kier molecular flexibility index (Phi) is 3.83. The first-order valence-electron chi connectivity index (χ1n) is 6.78. The smallest absolute Gasteiger partial charge is 0.119 e. The summed E-state index contributed by atoms with van der Waals surface area (Å²) in [6.45, 7) is 0. The summed E-state index contributed by atoms with van der Waals surface area (Å²) in [7, 11) is 1.67. The van der Waals surface area contributed by atoms with Crippen LogP contribution in [0.3, 0.4) is 0 Å². The molecule has 0 radical (unpaired) electrons. The molecule has 0 unspecified atom stereocenters. The molecule has 0 aliphatic rings. The minimum Gasteiger partial charge on any atom is -0.497 e. The molecule has 3 nitrogen and oxygen atoms in total. The number of hydrogen-bond donors (Lipinski definition) is 0. The Morgan fingerprint density at radius 1 is 1.00 bits per heavy atom. The fourth-order valence-electron chi connectivity index (χ4n) is 2.16. The number of nitrogens with zero attached hydrogens (tertiary/aromatic N) is 2. The Labute approximate surface area is 124 Å². The average molecular weight is 276 g/mol. The summed E-state index contributed by atoms with van der Waals surface area (Å²) in [5.74, 6) is 0.832. The van der Waals surface area contributed by atoms with E-state index in [-0.39, 0.29) is 0 Å². The van der Waals surface area contributed by atoms with Gasteiger partial charge in [0.25, 0.3) is 0 Å². The number of aromatic nitrogens is 2. The lowest BCUT2D eigenvalue weighted by Gasteiger charge is -2.08. The molecule has 0 spiro atoms. The summed E-state index contributed by atoms with van der Waals surface area (Å²) in [4.78, 5) is 0. The van der Waals surface area contributed by atoms with Gasteiger partial charge in [-0.2, -0.15) is 5.10 Å². The predicted octanol–water partition coefficient (Wildman–Crippen LogP) is 4.05. The van der Waals surface area contributed by atoms with Gasteiger partial charge in [0.15, 0.2) is 0 Å². The van der Waals surface area contributed by atoms with Gasteiger partial charge in [0, 0.05) is 18.0 Å². The van der Waals surface area contributed by atoms with Crippen molar-refractivity contribution < 1.29 is 4.74 Å². The number of hydrogen-bond acceptors (Lipinski definition) is 2. The first kappa shape index (κ1) is 13.2. The molecule has 3 rings (SSSR count). The van der Waals surface area contributed by atoms with Crippen molar-refractivity contribution in [2.24, 2.45) is 0 Å². The Bertz CT molecular complexity index is 731. The quantitative estimate of drug-likeness (QED) is 0.672. The van der Waals surface area contributed by atoms with Crippen molar-refractivity contribution in [3.8, 4) is 11.4 Å². The molecule has 2 aromatic carbocycles. The van der Waals surface area contributed by atoms with E-state index in [1.54, 1.807) is 13.3 Å². The van der Waals surface area contributed by atoms with Crippen LogP contribution in [0.2, 0.25) is 0 Å². The molecule has 3 heteroatoms. The van der Waals surface area contributed by atoms with Gasteiger partial charge >= 0.3 is 0 Å². The molecule has 0 fully saturated rings. The lowest BCUT2D eigenvalue weighted by atomic mass is 10.1. The average Bonchev–Trinajstić information content (AvgIpc) is 3.08. The second-order valence-corrected chi connectivity index (χ2v) is 4.62. The van der Waals surface area contributed by atoms with Gasteiger partial charge in [0.2, 0.25) is 0 Å². The molecule has 0 amide bonds. The third-order valence-corrected chi connectivity index (χ3v) is 3.24. The van der Waals surface area contributed by atoms with E-state index in [4.69, 9.17) is 4.74 Å². The van der Waals surface area contributed by atoms with E-state index in [0.717, 1.165) is 22.6 Å². The molecule has 0 aliphatic heterocycles. The zero-order valence-corrected chi connectivity index (χ0v) is 11.8. The van der Waals surface area contributed by atoms with Crippen molar-refractivity contribution in [2.45, 2.75) is 0 Å². The molecule has 0 saturated heterocycles. The predicted molar refractivity (Wildman–Crippen MR) is 85.5 cm³/mol. The highest BCUT2D eigenvalue weighted by Gasteiger charge is 2.04. The molecule has 0 atom stereocenters. The molecule has 1 heterocycles. The van der Waals surface area contributed by atoms with Gasteiger partial charge in [-0.1, -0.05) is 42.5 Å². The van der Waals surface area contributed by atoms with Crippen LogP contribution in [0.1, 0.15) is 11.1 Å². The van der Waals surface area contributed by atoms with Crippen LogP contribution in [0.5, 0.6) is 5.75 Å². The van der Waals surface area contributed by atoms with E-state index in [1.165, 1.54) is 0 Å². The molecular formula is C18H16N2O. The third kappa shape index (κ3) is 3.03. The van der Waals surface area contributed by atoms with Crippen LogP contribution >= 0.6 is 0 Å². The summed E-state index contributed by atoms with van der Waals surface area (Å²) >= 11 is 0. The van der Waals surface area contributed by atoms with E-state index in [1.807, 2.05) is 53.3 Å². The molecule has 3 aromatic rings. The van der Waals surface area contributed by atoms with E-state index in [2.05, 4.69) is 29.4 Å². The monoisotopic (exact) mass is 276 g/mol. The fourth-order valence-corrected chi connectivity index (χ4v) is 2.16. The first-order chi connectivity index (χ1) is 10.4. The molecule has 104 valence electrons.